The summed E-state index contributed by atoms with van der Waals surface area (Å²) >= 11 is 0.186. The molecule has 22 heavy (non-hydrogen) atoms. The smallest absolute Gasteiger partial charge is 0.341 e. The second-order valence-electron chi connectivity index (χ2n) is 4.51. The Morgan fingerprint density at radius 1 is 1.45 bits per heavy atom. The molecule has 2 aromatic rings. The minimum absolute atomic E-state index is 0.0311. The number of pyridine rings is 1. The lowest BCUT2D eigenvalue weighted by Crippen LogP contribution is -2.08. The molecular formula is C13H13F2N3O3S. The number of hydrogen-bond acceptors (Lipinski definition) is 7. The Hall–Kier alpha value is -2.03. The molecule has 0 atom stereocenters. The van der Waals surface area contributed by atoms with E-state index in [2.05, 4.69) is 15.1 Å². The fourth-order valence-corrected chi connectivity index (χ4v) is 2.06. The predicted octanol–water partition coefficient (Wildman–Crippen LogP) is 3.26. The van der Waals surface area contributed by atoms with Crippen molar-refractivity contribution in [3.05, 3.63) is 35.6 Å². The number of rotatable bonds is 6. The van der Waals surface area contributed by atoms with Crippen molar-refractivity contribution in [3.63, 3.8) is 0 Å². The minimum atomic E-state index is -2.68. The Morgan fingerprint density at radius 2 is 2.23 bits per heavy atom. The van der Waals surface area contributed by atoms with Gasteiger partial charge in [0.2, 0.25) is 0 Å². The van der Waals surface area contributed by atoms with E-state index in [0.29, 0.717) is 5.82 Å². The van der Waals surface area contributed by atoms with Gasteiger partial charge in [0.25, 0.3) is 11.6 Å². The van der Waals surface area contributed by atoms with E-state index in [-0.39, 0.29) is 40.8 Å². The quantitative estimate of drug-likeness (QED) is 0.594. The molecule has 0 saturated heterocycles. The summed E-state index contributed by atoms with van der Waals surface area (Å²) in [5, 5.41) is 3.64. The van der Waals surface area contributed by atoms with Crippen molar-refractivity contribution in [2.24, 2.45) is 0 Å². The molecule has 0 aliphatic rings. The summed E-state index contributed by atoms with van der Waals surface area (Å²) in [6.07, 6.45) is 1.33. The SMILES string of the molecule is CC(C)c1noc(COC(=O)c2cccnc2SC(F)F)n1. The number of thioether (sulfide) groups is 1. The van der Waals surface area contributed by atoms with Crippen molar-refractivity contribution in [1.29, 1.82) is 0 Å². The first-order chi connectivity index (χ1) is 10.5. The number of esters is 1. The second-order valence-corrected chi connectivity index (χ2v) is 5.49. The number of aromatic nitrogens is 3. The molecule has 2 aromatic heterocycles. The number of nitrogens with zero attached hydrogens (tertiary/aromatic N) is 3. The zero-order valence-electron chi connectivity index (χ0n) is 11.8. The highest BCUT2D eigenvalue weighted by molar-refractivity contribution is 7.99. The Kier molecular flexibility index (Phi) is 5.42. The molecule has 0 aliphatic heterocycles. The molecule has 2 rings (SSSR count). The molecule has 6 nitrogen and oxygen atoms in total. The van der Waals surface area contributed by atoms with Crippen LogP contribution in [0, 0.1) is 0 Å². The van der Waals surface area contributed by atoms with E-state index in [0.717, 1.165) is 0 Å². The van der Waals surface area contributed by atoms with Gasteiger partial charge in [0.15, 0.2) is 12.4 Å². The lowest BCUT2D eigenvalue weighted by atomic mass is 10.2. The summed E-state index contributed by atoms with van der Waals surface area (Å²) in [6.45, 7) is 3.56. The number of alkyl halides is 2. The Bertz CT molecular complexity index is 649. The molecule has 118 valence electrons. The van der Waals surface area contributed by atoms with Gasteiger partial charge < -0.3 is 9.26 Å². The number of halogens is 2. The van der Waals surface area contributed by atoms with E-state index in [4.69, 9.17) is 9.26 Å². The van der Waals surface area contributed by atoms with Crippen molar-refractivity contribution in [2.45, 2.75) is 37.2 Å². The van der Waals surface area contributed by atoms with E-state index in [1.807, 2.05) is 13.8 Å². The molecule has 0 amide bonds. The van der Waals surface area contributed by atoms with Gasteiger partial charge in [0.1, 0.15) is 5.03 Å². The van der Waals surface area contributed by atoms with Crippen LogP contribution in [0.2, 0.25) is 0 Å². The lowest BCUT2D eigenvalue weighted by Gasteiger charge is -2.06. The van der Waals surface area contributed by atoms with Crippen LogP contribution in [0.5, 0.6) is 0 Å². The maximum Gasteiger partial charge on any atom is 0.341 e. The average molecular weight is 329 g/mol. The molecule has 2 heterocycles. The van der Waals surface area contributed by atoms with E-state index >= 15 is 0 Å². The highest BCUT2D eigenvalue weighted by Crippen LogP contribution is 2.26. The maximum atomic E-state index is 12.4. The van der Waals surface area contributed by atoms with Crippen molar-refractivity contribution in [3.8, 4) is 0 Å². The standard InChI is InChI=1S/C13H13F2N3O3S/c1-7(2)10-17-9(21-18-10)6-20-12(19)8-4-3-5-16-11(8)22-13(14)15/h3-5,7,13H,6H2,1-2H3. The zero-order valence-corrected chi connectivity index (χ0v) is 12.6. The van der Waals surface area contributed by atoms with Gasteiger partial charge in [0, 0.05) is 12.1 Å². The van der Waals surface area contributed by atoms with Gasteiger partial charge in [-0.05, 0) is 23.9 Å². The van der Waals surface area contributed by atoms with Gasteiger partial charge in [-0.1, -0.05) is 19.0 Å². The van der Waals surface area contributed by atoms with E-state index in [9.17, 15) is 13.6 Å². The van der Waals surface area contributed by atoms with Crippen LogP contribution >= 0.6 is 11.8 Å². The summed E-state index contributed by atoms with van der Waals surface area (Å²) in [7, 11) is 0. The summed E-state index contributed by atoms with van der Waals surface area (Å²) in [4.78, 5) is 19.8. The molecule has 9 heteroatoms. The molecule has 0 unspecified atom stereocenters. The highest BCUT2D eigenvalue weighted by atomic mass is 32.2. The summed E-state index contributed by atoms with van der Waals surface area (Å²) < 4.78 is 34.8. The van der Waals surface area contributed by atoms with Gasteiger partial charge in [-0.2, -0.15) is 13.8 Å². The third-order valence-corrected chi connectivity index (χ3v) is 3.25. The summed E-state index contributed by atoms with van der Waals surface area (Å²) in [5.74, 6) is -2.72. The third-order valence-electron chi connectivity index (χ3n) is 2.52. The maximum absolute atomic E-state index is 12.4. The molecule has 0 aliphatic carbocycles. The first kappa shape index (κ1) is 16.3. The van der Waals surface area contributed by atoms with Crippen LogP contribution in [0.15, 0.2) is 27.9 Å². The molecule has 0 saturated carbocycles. The van der Waals surface area contributed by atoms with Crippen LogP contribution in [0.3, 0.4) is 0 Å². The van der Waals surface area contributed by atoms with Gasteiger partial charge in [0.05, 0.1) is 5.56 Å². The topological polar surface area (TPSA) is 78.1 Å². The molecule has 0 N–H and O–H groups in total. The number of hydrogen-bond donors (Lipinski definition) is 0. The van der Waals surface area contributed by atoms with E-state index < -0.39 is 11.7 Å². The van der Waals surface area contributed by atoms with E-state index in [1.165, 1.54) is 18.3 Å². The molecule has 0 fully saturated rings. The third kappa shape index (κ3) is 4.23. The van der Waals surface area contributed by atoms with Crippen LogP contribution in [-0.2, 0) is 11.3 Å². The van der Waals surface area contributed by atoms with Crippen LogP contribution < -0.4 is 0 Å². The summed E-state index contributed by atoms with van der Waals surface area (Å²) in [5.41, 5.74) is -0.0311. The first-order valence-corrected chi connectivity index (χ1v) is 7.24. The number of carbonyl (C=O) groups is 1. The number of ether oxygens (including phenoxy) is 1. The van der Waals surface area contributed by atoms with Crippen LogP contribution in [0.1, 0.15) is 41.8 Å². The molecule has 0 aromatic carbocycles. The number of carbonyl (C=O) groups excluding carboxylic acids is 1. The fraction of sp³-hybridized carbons (Fsp3) is 0.385. The molecule has 0 radical (unpaired) electrons. The predicted molar refractivity (Wildman–Crippen MR) is 73.6 cm³/mol. The highest BCUT2D eigenvalue weighted by Gasteiger charge is 2.19. The Morgan fingerprint density at radius 3 is 2.86 bits per heavy atom. The normalized spacial score (nSPS) is 11.2. The van der Waals surface area contributed by atoms with Gasteiger partial charge in [-0.3, -0.25) is 0 Å². The van der Waals surface area contributed by atoms with Crippen LogP contribution in [0.25, 0.3) is 0 Å². The van der Waals surface area contributed by atoms with Gasteiger partial charge in [-0.25, -0.2) is 9.78 Å². The minimum Gasteiger partial charge on any atom is -0.452 e. The van der Waals surface area contributed by atoms with Crippen molar-refractivity contribution in [1.82, 2.24) is 15.1 Å². The zero-order chi connectivity index (χ0) is 16.1. The Labute approximate surface area is 129 Å². The molecule has 0 spiro atoms. The van der Waals surface area contributed by atoms with Crippen LogP contribution in [0.4, 0.5) is 8.78 Å². The van der Waals surface area contributed by atoms with Crippen molar-refractivity contribution < 1.29 is 22.8 Å². The van der Waals surface area contributed by atoms with Gasteiger partial charge >= 0.3 is 5.97 Å². The first-order valence-electron chi connectivity index (χ1n) is 6.36. The van der Waals surface area contributed by atoms with Crippen LogP contribution in [-0.4, -0.2) is 26.9 Å². The Balaban J connectivity index is 2.03. The summed E-state index contributed by atoms with van der Waals surface area (Å²) in [6, 6.07) is 2.84. The monoisotopic (exact) mass is 329 g/mol. The fourth-order valence-electron chi connectivity index (χ4n) is 1.49. The van der Waals surface area contributed by atoms with E-state index in [1.54, 1.807) is 0 Å². The lowest BCUT2D eigenvalue weighted by molar-refractivity contribution is 0.0424. The second kappa shape index (κ2) is 7.30. The largest absolute Gasteiger partial charge is 0.452 e. The van der Waals surface area contributed by atoms with Crippen molar-refractivity contribution >= 4 is 17.7 Å². The average Bonchev–Trinajstić information content (AvgIpc) is 2.94. The van der Waals surface area contributed by atoms with Crippen molar-refractivity contribution in [2.75, 3.05) is 0 Å². The molecule has 0 bridgehead atoms. The van der Waals surface area contributed by atoms with Gasteiger partial charge in [-0.15, -0.1) is 0 Å². The molecular weight excluding hydrogens is 316 g/mol.